The molecule has 0 bridgehead atoms. The van der Waals surface area contributed by atoms with E-state index in [2.05, 4.69) is 4.98 Å². The van der Waals surface area contributed by atoms with Crippen LogP contribution in [0.25, 0.3) is 11.2 Å². The van der Waals surface area contributed by atoms with E-state index >= 15 is 0 Å². The lowest BCUT2D eigenvalue weighted by Crippen LogP contribution is -1.93. The van der Waals surface area contributed by atoms with Crippen LogP contribution in [0.3, 0.4) is 0 Å². The van der Waals surface area contributed by atoms with Gasteiger partial charge in [-0.25, -0.2) is 4.98 Å². The number of nitrogens with zero attached hydrogens (tertiary/aromatic N) is 2. The standard InChI is InChI=1S/C19H18N2O2/c1-14-7-6-10-21-12-17(20-19(14)21)16(13-22)11-15-8-4-3-5-9-18(15)23-2/h3,5-13H,4H2,1-2H3/b16-11+. The molecule has 0 unspecified atom stereocenters. The van der Waals surface area contributed by atoms with Crippen LogP contribution in [0.2, 0.25) is 0 Å². The van der Waals surface area contributed by atoms with Crippen molar-refractivity contribution in [3.63, 3.8) is 0 Å². The number of hydrogen-bond acceptors (Lipinski definition) is 3. The maximum absolute atomic E-state index is 11.6. The Morgan fingerprint density at radius 3 is 3.04 bits per heavy atom. The number of rotatable bonds is 4. The number of allylic oxidation sites excluding steroid dienone is 6. The van der Waals surface area contributed by atoms with Crippen molar-refractivity contribution in [1.29, 1.82) is 0 Å². The van der Waals surface area contributed by atoms with Crippen molar-refractivity contribution in [3.05, 3.63) is 77.5 Å². The Hall–Kier alpha value is -2.88. The summed E-state index contributed by atoms with van der Waals surface area (Å²) < 4.78 is 7.33. The van der Waals surface area contributed by atoms with Gasteiger partial charge in [-0.1, -0.05) is 24.3 Å². The van der Waals surface area contributed by atoms with Crippen LogP contribution in [0.1, 0.15) is 17.7 Å². The summed E-state index contributed by atoms with van der Waals surface area (Å²) in [5.41, 5.74) is 3.99. The molecule has 0 aliphatic heterocycles. The SMILES string of the molecule is COC1=CC=CCC=C1/C=C(\C=O)c1cn2cccc(C)c2n1. The molecule has 0 amide bonds. The van der Waals surface area contributed by atoms with Crippen molar-refractivity contribution >= 4 is 17.5 Å². The van der Waals surface area contributed by atoms with Crippen LogP contribution in [0.5, 0.6) is 0 Å². The minimum Gasteiger partial charge on any atom is -0.496 e. The third-order valence-corrected chi connectivity index (χ3v) is 3.77. The predicted molar refractivity (Wildman–Crippen MR) is 90.9 cm³/mol. The molecule has 3 rings (SSSR count). The number of aldehydes is 1. The van der Waals surface area contributed by atoms with Crippen molar-refractivity contribution in [2.24, 2.45) is 0 Å². The van der Waals surface area contributed by atoms with Crippen LogP contribution in [-0.4, -0.2) is 22.8 Å². The topological polar surface area (TPSA) is 43.6 Å². The van der Waals surface area contributed by atoms with Crippen molar-refractivity contribution in [1.82, 2.24) is 9.38 Å². The third-order valence-electron chi connectivity index (χ3n) is 3.77. The Balaban J connectivity index is 2.05. The van der Waals surface area contributed by atoms with Gasteiger partial charge in [-0.3, -0.25) is 4.79 Å². The number of aryl methyl sites for hydroxylation is 1. The van der Waals surface area contributed by atoms with Gasteiger partial charge in [-0.15, -0.1) is 0 Å². The summed E-state index contributed by atoms with van der Waals surface area (Å²) in [5, 5.41) is 0. The van der Waals surface area contributed by atoms with Gasteiger partial charge in [0.1, 0.15) is 11.4 Å². The zero-order valence-corrected chi connectivity index (χ0v) is 13.2. The zero-order valence-electron chi connectivity index (χ0n) is 13.2. The number of hydrogen-bond donors (Lipinski definition) is 0. The molecule has 0 saturated carbocycles. The van der Waals surface area contributed by atoms with Crippen molar-refractivity contribution < 1.29 is 9.53 Å². The Labute approximate surface area is 135 Å². The molecule has 0 fully saturated rings. The highest BCUT2D eigenvalue weighted by Crippen LogP contribution is 2.22. The minimum atomic E-state index is 0.532. The molecule has 0 saturated heterocycles. The highest BCUT2D eigenvalue weighted by Gasteiger charge is 2.11. The first-order valence-electron chi connectivity index (χ1n) is 7.46. The first-order valence-corrected chi connectivity index (χ1v) is 7.46. The number of fused-ring (bicyclic) bond motifs is 1. The second-order valence-corrected chi connectivity index (χ2v) is 5.32. The summed E-state index contributed by atoms with van der Waals surface area (Å²) in [6, 6.07) is 3.96. The number of ether oxygens (including phenoxy) is 1. The van der Waals surface area contributed by atoms with Crippen LogP contribution in [-0.2, 0) is 9.53 Å². The monoisotopic (exact) mass is 306 g/mol. The minimum absolute atomic E-state index is 0.532. The molecule has 0 atom stereocenters. The fourth-order valence-corrected chi connectivity index (χ4v) is 2.57. The fourth-order valence-electron chi connectivity index (χ4n) is 2.57. The van der Waals surface area contributed by atoms with Crippen LogP contribution in [0, 0.1) is 6.92 Å². The normalized spacial score (nSPS) is 15.1. The summed E-state index contributed by atoms with van der Waals surface area (Å²) in [7, 11) is 1.63. The molecule has 1 aliphatic carbocycles. The maximum Gasteiger partial charge on any atom is 0.152 e. The average molecular weight is 306 g/mol. The second kappa shape index (κ2) is 6.48. The quantitative estimate of drug-likeness (QED) is 0.640. The van der Waals surface area contributed by atoms with Gasteiger partial charge in [0, 0.05) is 23.5 Å². The van der Waals surface area contributed by atoms with Gasteiger partial charge in [0.2, 0.25) is 0 Å². The fraction of sp³-hybridized carbons (Fsp3) is 0.158. The largest absolute Gasteiger partial charge is 0.496 e. The number of imidazole rings is 1. The lowest BCUT2D eigenvalue weighted by molar-refractivity contribution is -0.103. The predicted octanol–water partition coefficient (Wildman–Crippen LogP) is 3.64. The van der Waals surface area contributed by atoms with E-state index in [0.717, 1.165) is 35.2 Å². The number of methoxy groups -OCH3 is 1. The van der Waals surface area contributed by atoms with E-state index in [-0.39, 0.29) is 0 Å². The average Bonchev–Trinajstić information content (AvgIpc) is 2.87. The molecule has 23 heavy (non-hydrogen) atoms. The van der Waals surface area contributed by atoms with E-state index in [0.29, 0.717) is 11.3 Å². The number of carbonyl (C=O) groups is 1. The van der Waals surface area contributed by atoms with Gasteiger partial charge in [0.15, 0.2) is 6.29 Å². The number of aromatic nitrogens is 2. The van der Waals surface area contributed by atoms with Crippen molar-refractivity contribution in [2.45, 2.75) is 13.3 Å². The first-order chi connectivity index (χ1) is 11.2. The second-order valence-electron chi connectivity index (χ2n) is 5.32. The molecule has 2 aromatic rings. The summed E-state index contributed by atoms with van der Waals surface area (Å²) in [6.07, 6.45) is 15.2. The molecule has 116 valence electrons. The van der Waals surface area contributed by atoms with Crippen molar-refractivity contribution in [3.8, 4) is 0 Å². The molecule has 2 aromatic heterocycles. The number of pyridine rings is 1. The molecule has 4 heteroatoms. The molecule has 0 aromatic carbocycles. The Morgan fingerprint density at radius 1 is 1.43 bits per heavy atom. The Morgan fingerprint density at radius 2 is 2.30 bits per heavy atom. The molecule has 4 nitrogen and oxygen atoms in total. The van der Waals surface area contributed by atoms with Crippen LogP contribution in [0.4, 0.5) is 0 Å². The van der Waals surface area contributed by atoms with Crippen LogP contribution in [0.15, 0.2) is 66.2 Å². The van der Waals surface area contributed by atoms with Gasteiger partial charge >= 0.3 is 0 Å². The first kappa shape index (κ1) is 15.0. The van der Waals surface area contributed by atoms with Crippen LogP contribution >= 0.6 is 0 Å². The van der Waals surface area contributed by atoms with Crippen molar-refractivity contribution in [2.75, 3.05) is 7.11 Å². The van der Waals surface area contributed by atoms with E-state index in [4.69, 9.17) is 4.74 Å². The zero-order chi connectivity index (χ0) is 16.2. The molecule has 1 aliphatic rings. The third kappa shape index (κ3) is 3.01. The van der Waals surface area contributed by atoms with Gasteiger partial charge in [-0.2, -0.15) is 0 Å². The molecule has 0 radical (unpaired) electrons. The summed E-state index contributed by atoms with van der Waals surface area (Å²) in [5.74, 6) is 0.734. The van der Waals surface area contributed by atoms with E-state index in [1.54, 1.807) is 7.11 Å². The molecule has 0 N–H and O–H groups in total. The van der Waals surface area contributed by atoms with E-state index in [9.17, 15) is 4.79 Å². The number of carbonyl (C=O) groups excluding carboxylic acids is 1. The van der Waals surface area contributed by atoms with E-state index in [1.807, 2.05) is 66.2 Å². The van der Waals surface area contributed by atoms with Gasteiger partial charge in [0.05, 0.1) is 12.8 Å². The smallest absolute Gasteiger partial charge is 0.152 e. The van der Waals surface area contributed by atoms with Gasteiger partial charge in [-0.05, 0) is 37.1 Å². The molecular formula is C19H18N2O2. The Kier molecular flexibility index (Phi) is 4.24. The van der Waals surface area contributed by atoms with Gasteiger partial charge < -0.3 is 9.14 Å². The lowest BCUT2D eigenvalue weighted by atomic mass is 10.1. The maximum atomic E-state index is 11.6. The molecular weight excluding hydrogens is 288 g/mol. The van der Waals surface area contributed by atoms with E-state index in [1.165, 1.54) is 0 Å². The molecule has 0 spiro atoms. The Bertz CT molecular complexity index is 867. The molecule has 2 heterocycles. The van der Waals surface area contributed by atoms with Crippen LogP contribution < -0.4 is 0 Å². The highest BCUT2D eigenvalue weighted by molar-refractivity contribution is 6.07. The van der Waals surface area contributed by atoms with Gasteiger partial charge in [0.25, 0.3) is 0 Å². The summed E-state index contributed by atoms with van der Waals surface area (Å²) >= 11 is 0. The van der Waals surface area contributed by atoms with E-state index < -0.39 is 0 Å². The lowest BCUT2D eigenvalue weighted by Gasteiger charge is -2.06. The highest BCUT2D eigenvalue weighted by atomic mass is 16.5. The summed E-state index contributed by atoms with van der Waals surface area (Å²) in [6.45, 7) is 2.00. The summed E-state index contributed by atoms with van der Waals surface area (Å²) in [4.78, 5) is 16.2.